The van der Waals surface area contributed by atoms with Crippen molar-refractivity contribution in [3.63, 3.8) is 0 Å². The van der Waals surface area contributed by atoms with Crippen molar-refractivity contribution in [2.24, 2.45) is 0 Å². The molecule has 0 bridgehead atoms. The summed E-state index contributed by atoms with van der Waals surface area (Å²) in [5.74, 6) is 1.57. The Morgan fingerprint density at radius 3 is 2.39 bits per heavy atom. The summed E-state index contributed by atoms with van der Waals surface area (Å²) in [7, 11) is 1.85. The maximum Gasteiger partial charge on any atom is 0.328 e. The fraction of sp³-hybridized carbons (Fsp3) is 0.250. The van der Waals surface area contributed by atoms with Crippen LogP contribution in [-0.4, -0.2) is 17.0 Å². The number of nitrogens with one attached hydrogen (secondary N) is 2. The quantitative estimate of drug-likeness (QED) is 0.521. The van der Waals surface area contributed by atoms with Crippen LogP contribution in [0.25, 0.3) is 0 Å². The number of para-hydroxylation sites is 1. The molecular weight excluding hydrogens is 341 g/mol. The number of hydrogen-bond donors (Lipinski definition) is 2. The van der Waals surface area contributed by atoms with Crippen LogP contribution in [0, 0.1) is 0 Å². The zero-order valence-electron chi connectivity index (χ0n) is 10.4. The highest BCUT2D eigenvalue weighted by atomic mass is 127. The van der Waals surface area contributed by atoms with Crippen molar-refractivity contribution in [1.82, 2.24) is 9.97 Å². The van der Waals surface area contributed by atoms with Gasteiger partial charge in [0, 0.05) is 7.05 Å². The largest absolute Gasteiger partial charge is 1.00 e. The molecule has 0 atom stereocenters. The molecule has 0 aliphatic carbocycles. The highest BCUT2D eigenvalue weighted by molar-refractivity contribution is 5.50. The zero-order chi connectivity index (χ0) is 12.1. The van der Waals surface area contributed by atoms with Gasteiger partial charge in [-0.15, -0.1) is 9.97 Å². The smallest absolute Gasteiger partial charge is 0.328 e. The molecular formula is C12H16IN5. The zero-order valence-corrected chi connectivity index (χ0v) is 12.5. The Balaban J connectivity index is 0.00000162. The summed E-state index contributed by atoms with van der Waals surface area (Å²) in [6.07, 6.45) is 1.54. The predicted molar refractivity (Wildman–Crippen MR) is 67.2 cm³/mol. The predicted octanol–water partition coefficient (Wildman–Crippen LogP) is -1.43. The van der Waals surface area contributed by atoms with Crippen LogP contribution in [0.5, 0.6) is 0 Å². The summed E-state index contributed by atoms with van der Waals surface area (Å²) in [4.78, 5) is 8.43. The van der Waals surface area contributed by atoms with Gasteiger partial charge >= 0.3 is 11.9 Å². The van der Waals surface area contributed by atoms with Gasteiger partial charge in [-0.25, -0.2) is 4.57 Å². The van der Waals surface area contributed by atoms with Gasteiger partial charge in [-0.05, 0) is 19.1 Å². The van der Waals surface area contributed by atoms with Crippen LogP contribution >= 0.6 is 0 Å². The van der Waals surface area contributed by atoms with Crippen LogP contribution in [0.3, 0.4) is 0 Å². The monoisotopic (exact) mass is 357 g/mol. The number of nitrogens with zero attached hydrogens (tertiary/aromatic N) is 3. The number of anilines is 3. The molecule has 0 saturated heterocycles. The fourth-order valence-electron chi connectivity index (χ4n) is 1.63. The molecule has 2 rings (SSSR count). The molecule has 0 radical (unpaired) electrons. The van der Waals surface area contributed by atoms with Crippen molar-refractivity contribution in [2.45, 2.75) is 13.5 Å². The summed E-state index contributed by atoms with van der Waals surface area (Å²) < 4.78 is 1.98. The van der Waals surface area contributed by atoms with Crippen molar-refractivity contribution < 1.29 is 28.5 Å². The molecule has 1 aromatic carbocycles. The molecule has 0 unspecified atom stereocenters. The number of hydrogen-bond acceptors (Lipinski definition) is 4. The van der Waals surface area contributed by atoms with Crippen LogP contribution in [0.4, 0.5) is 17.6 Å². The molecule has 2 N–H and O–H groups in total. The Hall–Kier alpha value is -1.44. The topological polar surface area (TPSA) is 53.7 Å². The molecule has 0 aliphatic heterocycles. The van der Waals surface area contributed by atoms with Gasteiger partial charge in [0.05, 0.1) is 12.2 Å². The van der Waals surface area contributed by atoms with Gasteiger partial charge < -0.3 is 29.3 Å². The Kier molecular flexibility index (Phi) is 5.76. The van der Waals surface area contributed by atoms with Gasteiger partial charge in [-0.2, -0.15) is 0 Å². The first-order valence-electron chi connectivity index (χ1n) is 5.59. The van der Waals surface area contributed by atoms with E-state index in [9.17, 15) is 0 Å². The Bertz CT molecular complexity index is 489. The van der Waals surface area contributed by atoms with E-state index in [1.54, 1.807) is 6.33 Å². The molecule has 1 aromatic heterocycles. The van der Waals surface area contributed by atoms with Gasteiger partial charge in [-0.3, -0.25) is 5.32 Å². The lowest BCUT2D eigenvalue weighted by Gasteiger charge is -2.08. The Labute approximate surface area is 124 Å². The van der Waals surface area contributed by atoms with Crippen molar-refractivity contribution >= 4 is 17.6 Å². The molecule has 0 amide bonds. The number of benzene rings is 1. The van der Waals surface area contributed by atoms with Gasteiger partial charge in [0.15, 0.2) is 0 Å². The van der Waals surface area contributed by atoms with E-state index in [0.29, 0.717) is 0 Å². The average molecular weight is 357 g/mol. The summed E-state index contributed by atoms with van der Waals surface area (Å²) in [5, 5.41) is 6.31. The summed E-state index contributed by atoms with van der Waals surface area (Å²) in [6.45, 7) is 2.85. The van der Waals surface area contributed by atoms with Crippen LogP contribution in [-0.2, 0) is 6.54 Å². The van der Waals surface area contributed by atoms with Crippen molar-refractivity contribution in [1.29, 1.82) is 0 Å². The molecule has 96 valence electrons. The molecule has 0 spiro atoms. The van der Waals surface area contributed by atoms with E-state index in [0.717, 1.165) is 24.1 Å². The lowest BCUT2D eigenvalue weighted by Crippen LogP contribution is -3.00. The summed E-state index contributed by atoms with van der Waals surface area (Å²) >= 11 is 0. The first-order chi connectivity index (χ1) is 8.35. The maximum atomic E-state index is 4.25. The molecule has 1 heterocycles. The minimum atomic E-state index is 0. The third-order valence-electron chi connectivity index (χ3n) is 2.44. The van der Waals surface area contributed by atoms with E-state index >= 15 is 0 Å². The first-order valence-corrected chi connectivity index (χ1v) is 5.59. The highest BCUT2D eigenvalue weighted by Crippen LogP contribution is 2.10. The first kappa shape index (κ1) is 14.6. The van der Waals surface area contributed by atoms with Crippen molar-refractivity contribution in [3.8, 4) is 0 Å². The molecule has 0 saturated carbocycles. The average Bonchev–Trinajstić information content (AvgIpc) is 2.39. The third kappa shape index (κ3) is 3.28. The van der Waals surface area contributed by atoms with Gasteiger partial charge in [0.1, 0.15) is 0 Å². The minimum absolute atomic E-state index is 0. The number of aromatic nitrogens is 3. The molecule has 0 fully saturated rings. The number of rotatable bonds is 4. The minimum Gasteiger partial charge on any atom is -1.00 e. The Morgan fingerprint density at radius 2 is 1.78 bits per heavy atom. The van der Waals surface area contributed by atoms with E-state index in [4.69, 9.17) is 0 Å². The van der Waals surface area contributed by atoms with E-state index in [1.165, 1.54) is 0 Å². The van der Waals surface area contributed by atoms with Crippen LogP contribution in [0.15, 0.2) is 36.7 Å². The van der Waals surface area contributed by atoms with E-state index < -0.39 is 0 Å². The second-order valence-electron chi connectivity index (χ2n) is 3.51. The molecule has 0 aliphatic rings. The van der Waals surface area contributed by atoms with Crippen LogP contribution < -0.4 is 39.2 Å². The second kappa shape index (κ2) is 7.10. The lowest BCUT2D eigenvalue weighted by atomic mass is 10.3. The van der Waals surface area contributed by atoms with Crippen LogP contribution in [0.2, 0.25) is 0 Å². The summed E-state index contributed by atoms with van der Waals surface area (Å²) in [6, 6.07) is 9.96. The maximum absolute atomic E-state index is 4.25. The van der Waals surface area contributed by atoms with E-state index in [1.807, 2.05) is 41.9 Å². The normalized spacial score (nSPS) is 9.44. The SMILES string of the molecule is CC[n+]1c(NC)ncnc1Nc1ccccc1.[I-]. The van der Waals surface area contributed by atoms with E-state index in [2.05, 4.69) is 27.5 Å². The highest BCUT2D eigenvalue weighted by Gasteiger charge is 2.13. The standard InChI is InChI=1S/C12H15N5.HI/c1-3-17-11(13-2)14-9-15-12(17)16-10-7-5-4-6-8-10;/h4-9H,3H2,1-2H3,(H,13,14,15,16);1H. The van der Waals surface area contributed by atoms with Gasteiger partial charge in [0.2, 0.25) is 6.33 Å². The molecule has 18 heavy (non-hydrogen) atoms. The van der Waals surface area contributed by atoms with Gasteiger partial charge in [-0.1, -0.05) is 18.2 Å². The van der Waals surface area contributed by atoms with Crippen LogP contribution in [0.1, 0.15) is 6.92 Å². The van der Waals surface area contributed by atoms with Crippen molar-refractivity contribution in [3.05, 3.63) is 36.7 Å². The summed E-state index contributed by atoms with van der Waals surface area (Å²) in [5.41, 5.74) is 1.01. The lowest BCUT2D eigenvalue weighted by molar-refractivity contribution is -0.670. The van der Waals surface area contributed by atoms with Crippen molar-refractivity contribution in [2.75, 3.05) is 17.7 Å². The van der Waals surface area contributed by atoms with Gasteiger partial charge in [0.25, 0.3) is 0 Å². The fourth-order valence-corrected chi connectivity index (χ4v) is 1.63. The molecule has 6 heteroatoms. The Morgan fingerprint density at radius 1 is 1.11 bits per heavy atom. The molecule has 5 nitrogen and oxygen atoms in total. The van der Waals surface area contributed by atoms with E-state index in [-0.39, 0.29) is 24.0 Å². The third-order valence-corrected chi connectivity index (χ3v) is 2.44. The molecule has 2 aromatic rings. The second-order valence-corrected chi connectivity index (χ2v) is 3.51. The number of halogens is 1.